The van der Waals surface area contributed by atoms with Gasteiger partial charge < -0.3 is 9.29 Å². The van der Waals surface area contributed by atoms with E-state index in [4.69, 9.17) is 4.74 Å². The van der Waals surface area contributed by atoms with Crippen LogP contribution in [-0.2, 0) is 15.8 Å². The first kappa shape index (κ1) is 12.1. The summed E-state index contributed by atoms with van der Waals surface area (Å²) in [6, 6.07) is 0. The van der Waals surface area contributed by atoms with Crippen LogP contribution < -0.4 is 29.6 Å². The maximum absolute atomic E-state index is 10.2. The standard InChI is InChI=1S/C6H12O3S.Na/c7-10(8)5-6-2-1-3-9-4-6;/h6H,1-5H2,(H,7,8);/q;+1/p-1. The van der Waals surface area contributed by atoms with E-state index in [-0.39, 0.29) is 41.2 Å². The van der Waals surface area contributed by atoms with Gasteiger partial charge in [0, 0.05) is 12.4 Å². The number of hydrogen-bond donors (Lipinski definition) is 0. The van der Waals surface area contributed by atoms with Crippen molar-refractivity contribution in [3.8, 4) is 0 Å². The second-order valence-electron chi connectivity index (χ2n) is 2.55. The van der Waals surface area contributed by atoms with Gasteiger partial charge in [-0.2, -0.15) is 0 Å². The van der Waals surface area contributed by atoms with Crippen molar-refractivity contribution in [1.29, 1.82) is 0 Å². The van der Waals surface area contributed by atoms with Gasteiger partial charge in [0.25, 0.3) is 0 Å². The Morgan fingerprint density at radius 1 is 1.64 bits per heavy atom. The molecule has 0 aromatic carbocycles. The molecule has 0 amide bonds. The van der Waals surface area contributed by atoms with Crippen molar-refractivity contribution < 1.29 is 43.1 Å². The summed E-state index contributed by atoms with van der Waals surface area (Å²) < 4.78 is 25.5. The molecule has 1 fully saturated rings. The molecule has 11 heavy (non-hydrogen) atoms. The smallest absolute Gasteiger partial charge is 0.772 e. The summed E-state index contributed by atoms with van der Waals surface area (Å²) in [6.07, 6.45) is 2.00. The van der Waals surface area contributed by atoms with E-state index in [0.717, 1.165) is 19.4 Å². The van der Waals surface area contributed by atoms with Crippen LogP contribution in [0.5, 0.6) is 0 Å². The van der Waals surface area contributed by atoms with E-state index in [1.807, 2.05) is 0 Å². The fraction of sp³-hybridized carbons (Fsp3) is 1.00. The summed E-state index contributed by atoms with van der Waals surface area (Å²) in [5.74, 6) is 0.507. The normalized spacial score (nSPS) is 27.2. The molecule has 5 heteroatoms. The van der Waals surface area contributed by atoms with Gasteiger partial charge in [0.1, 0.15) is 0 Å². The molecule has 1 heterocycles. The predicted octanol–water partition coefficient (Wildman–Crippen LogP) is -2.70. The molecule has 0 bridgehead atoms. The first-order valence-corrected chi connectivity index (χ1v) is 4.67. The van der Waals surface area contributed by atoms with Gasteiger partial charge in [0.2, 0.25) is 0 Å². The van der Waals surface area contributed by atoms with E-state index >= 15 is 0 Å². The zero-order valence-electron chi connectivity index (χ0n) is 6.75. The van der Waals surface area contributed by atoms with E-state index in [0.29, 0.717) is 6.61 Å². The molecule has 1 saturated heterocycles. The first-order chi connectivity index (χ1) is 4.79. The molecule has 1 aliphatic heterocycles. The minimum atomic E-state index is -1.89. The largest absolute Gasteiger partial charge is 1.00 e. The van der Waals surface area contributed by atoms with Crippen LogP contribution in [0.15, 0.2) is 0 Å². The molecule has 1 rings (SSSR count). The quantitative estimate of drug-likeness (QED) is 0.348. The summed E-state index contributed by atoms with van der Waals surface area (Å²) in [7, 11) is 0. The van der Waals surface area contributed by atoms with Crippen molar-refractivity contribution in [2.45, 2.75) is 12.8 Å². The van der Waals surface area contributed by atoms with Gasteiger partial charge in [0.05, 0.1) is 6.61 Å². The van der Waals surface area contributed by atoms with Gasteiger partial charge in [-0.3, -0.25) is 4.21 Å². The molecule has 2 atom stereocenters. The topological polar surface area (TPSA) is 49.4 Å². The molecule has 0 aromatic rings. The van der Waals surface area contributed by atoms with Crippen LogP contribution in [0.2, 0.25) is 0 Å². The Morgan fingerprint density at radius 3 is 2.82 bits per heavy atom. The van der Waals surface area contributed by atoms with Crippen LogP contribution in [0.3, 0.4) is 0 Å². The van der Waals surface area contributed by atoms with E-state index in [2.05, 4.69) is 0 Å². The monoisotopic (exact) mass is 186 g/mol. The van der Waals surface area contributed by atoms with E-state index in [1.165, 1.54) is 0 Å². The molecule has 60 valence electrons. The van der Waals surface area contributed by atoms with Gasteiger partial charge in [-0.05, 0) is 18.8 Å². The summed E-state index contributed by atoms with van der Waals surface area (Å²) >= 11 is -1.89. The Balaban J connectivity index is 0.000001000. The third kappa shape index (κ3) is 5.33. The SMILES string of the molecule is O=S([O-])CC1CCCOC1.[Na+]. The molecule has 3 nitrogen and oxygen atoms in total. The Morgan fingerprint density at radius 2 is 2.36 bits per heavy atom. The molecular weight excluding hydrogens is 175 g/mol. The Kier molecular flexibility index (Phi) is 7.21. The third-order valence-corrected chi connectivity index (χ3v) is 2.37. The zero-order valence-corrected chi connectivity index (χ0v) is 9.56. The molecule has 0 radical (unpaired) electrons. The van der Waals surface area contributed by atoms with Crippen molar-refractivity contribution in [3.05, 3.63) is 0 Å². The van der Waals surface area contributed by atoms with E-state index in [9.17, 15) is 8.76 Å². The minimum Gasteiger partial charge on any atom is -0.772 e. The Bertz CT molecular complexity index is 125. The minimum absolute atomic E-state index is 0. The maximum Gasteiger partial charge on any atom is 1.00 e. The van der Waals surface area contributed by atoms with Gasteiger partial charge in [-0.15, -0.1) is 0 Å². The number of ether oxygens (including phenoxy) is 1. The first-order valence-electron chi connectivity index (χ1n) is 3.42. The van der Waals surface area contributed by atoms with Gasteiger partial charge in [0.15, 0.2) is 0 Å². The summed E-state index contributed by atoms with van der Waals surface area (Å²) in [6.45, 7) is 1.41. The summed E-state index contributed by atoms with van der Waals surface area (Å²) in [5, 5.41) is 0. The second-order valence-corrected chi connectivity index (χ2v) is 3.49. The van der Waals surface area contributed by atoms with E-state index in [1.54, 1.807) is 0 Å². The van der Waals surface area contributed by atoms with Crippen molar-refractivity contribution in [2.75, 3.05) is 19.0 Å². The van der Waals surface area contributed by atoms with Gasteiger partial charge >= 0.3 is 29.6 Å². The van der Waals surface area contributed by atoms with Crippen LogP contribution in [-0.4, -0.2) is 27.7 Å². The zero-order chi connectivity index (χ0) is 7.40. The van der Waals surface area contributed by atoms with Gasteiger partial charge in [-0.25, -0.2) is 0 Å². The van der Waals surface area contributed by atoms with Crippen LogP contribution in [0.4, 0.5) is 0 Å². The van der Waals surface area contributed by atoms with Crippen molar-refractivity contribution >= 4 is 11.1 Å². The van der Waals surface area contributed by atoms with E-state index < -0.39 is 11.1 Å². The molecule has 0 saturated carbocycles. The maximum atomic E-state index is 10.2. The fourth-order valence-corrected chi connectivity index (χ4v) is 1.78. The third-order valence-electron chi connectivity index (χ3n) is 1.63. The van der Waals surface area contributed by atoms with Crippen molar-refractivity contribution in [1.82, 2.24) is 0 Å². The number of hydrogen-bond acceptors (Lipinski definition) is 3. The molecule has 2 unspecified atom stereocenters. The van der Waals surface area contributed by atoms with Gasteiger partial charge in [-0.1, -0.05) is 11.1 Å². The average molecular weight is 186 g/mol. The predicted molar refractivity (Wildman–Crippen MR) is 37.3 cm³/mol. The molecule has 0 spiro atoms. The molecular formula is C6H11NaO3S. The van der Waals surface area contributed by atoms with Crippen molar-refractivity contribution in [2.24, 2.45) is 5.92 Å². The summed E-state index contributed by atoms with van der Waals surface area (Å²) in [5.41, 5.74) is 0. The summed E-state index contributed by atoms with van der Waals surface area (Å²) in [4.78, 5) is 0. The van der Waals surface area contributed by atoms with Crippen LogP contribution in [0, 0.1) is 5.92 Å². The molecule has 1 aliphatic rings. The van der Waals surface area contributed by atoms with Crippen LogP contribution >= 0.6 is 0 Å². The second kappa shape index (κ2) is 6.57. The molecule has 0 N–H and O–H groups in total. The Labute approximate surface area is 91.5 Å². The number of rotatable bonds is 2. The molecule has 0 aromatic heterocycles. The average Bonchev–Trinajstić information content (AvgIpc) is 1.88. The van der Waals surface area contributed by atoms with Crippen LogP contribution in [0.25, 0.3) is 0 Å². The molecule has 0 aliphatic carbocycles. The Hall–Kier alpha value is 1.07. The fourth-order valence-electron chi connectivity index (χ4n) is 1.13. The van der Waals surface area contributed by atoms with Crippen molar-refractivity contribution in [3.63, 3.8) is 0 Å². The van der Waals surface area contributed by atoms with Crippen LogP contribution in [0.1, 0.15) is 12.8 Å².